The number of benzene rings is 1. The molecular formula is C13H20N2O2. The molecule has 1 amide bonds. The van der Waals surface area contributed by atoms with E-state index in [-0.39, 0.29) is 11.7 Å². The first-order chi connectivity index (χ1) is 7.90. The van der Waals surface area contributed by atoms with Gasteiger partial charge in [0.05, 0.1) is 6.04 Å². The van der Waals surface area contributed by atoms with E-state index in [0.29, 0.717) is 18.0 Å². The summed E-state index contributed by atoms with van der Waals surface area (Å²) in [6.07, 6.45) is 0.656. The quantitative estimate of drug-likeness (QED) is 0.700. The summed E-state index contributed by atoms with van der Waals surface area (Å²) in [4.78, 5) is 11.8. The zero-order valence-electron chi connectivity index (χ0n) is 10.5. The highest BCUT2D eigenvalue weighted by Gasteiger charge is 2.15. The van der Waals surface area contributed by atoms with Crippen LogP contribution in [0.3, 0.4) is 0 Å². The Kier molecular flexibility index (Phi) is 4.52. The SMILES string of the molecule is Cc1cc(O)ccc1NC(=O)[C@H](N)CC(C)C. The van der Waals surface area contributed by atoms with Crippen LogP contribution in [0.2, 0.25) is 0 Å². The third-order valence-corrected chi connectivity index (χ3v) is 2.53. The number of carbonyl (C=O) groups excluding carboxylic acids is 1. The van der Waals surface area contributed by atoms with E-state index in [2.05, 4.69) is 5.32 Å². The first-order valence-corrected chi connectivity index (χ1v) is 5.76. The van der Waals surface area contributed by atoms with Crippen LogP contribution in [0.1, 0.15) is 25.8 Å². The molecule has 4 N–H and O–H groups in total. The summed E-state index contributed by atoms with van der Waals surface area (Å²) >= 11 is 0. The largest absolute Gasteiger partial charge is 0.508 e. The number of aromatic hydroxyl groups is 1. The van der Waals surface area contributed by atoms with Gasteiger partial charge in [0.15, 0.2) is 0 Å². The normalized spacial score (nSPS) is 12.5. The molecule has 0 aliphatic carbocycles. The van der Waals surface area contributed by atoms with Crippen LogP contribution in [0.5, 0.6) is 5.75 Å². The Bertz CT molecular complexity index is 402. The summed E-state index contributed by atoms with van der Waals surface area (Å²) in [5.74, 6) is 0.385. The fraction of sp³-hybridized carbons (Fsp3) is 0.462. The lowest BCUT2D eigenvalue weighted by Crippen LogP contribution is -2.36. The van der Waals surface area contributed by atoms with E-state index in [1.807, 2.05) is 20.8 Å². The van der Waals surface area contributed by atoms with Gasteiger partial charge in [-0.15, -0.1) is 0 Å². The summed E-state index contributed by atoms with van der Waals surface area (Å²) in [6.45, 7) is 5.88. The highest BCUT2D eigenvalue weighted by Crippen LogP contribution is 2.20. The highest BCUT2D eigenvalue weighted by atomic mass is 16.3. The number of carbonyl (C=O) groups is 1. The number of hydrogen-bond donors (Lipinski definition) is 3. The van der Waals surface area contributed by atoms with Crippen molar-refractivity contribution in [1.29, 1.82) is 0 Å². The Labute approximate surface area is 102 Å². The number of aryl methyl sites for hydroxylation is 1. The van der Waals surface area contributed by atoms with Gasteiger partial charge in [-0.3, -0.25) is 4.79 Å². The first kappa shape index (κ1) is 13.5. The highest BCUT2D eigenvalue weighted by molar-refractivity contribution is 5.95. The van der Waals surface area contributed by atoms with Crippen molar-refractivity contribution >= 4 is 11.6 Å². The van der Waals surface area contributed by atoms with Gasteiger partial charge in [0.2, 0.25) is 5.91 Å². The third kappa shape index (κ3) is 4.07. The Balaban J connectivity index is 2.67. The Morgan fingerprint density at radius 3 is 2.65 bits per heavy atom. The molecule has 1 rings (SSSR count). The molecule has 0 fully saturated rings. The van der Waals surface area contributed by atoms with Crippen LogP contribution in [0.25, 0.3) is 0 Å². The molecule has 0 saturated heterocycles. The third-order valence-electron chi connectivity index (χ3n) is 2.53. The number of nitrogens with one attached hydrogen (secondary N) is 1. The predicted octanol–water partition coefficient (Wildman–Crippen LogP) is 2.01. The van der Waals surface area contributed by atoms with Gasteiger partial charge in [0, 0.05) is 5.69 Å². The number of phenols is 1. The van der Waals surface area contributed by atoms with Crippen LogP contribution in [0.15, 0.2) is 18.2 Å². The Morgan fingerprint density at radius 2 is 2.12 bits per heavy atom. The van der Waals surface area contributed by atoms with E-state index in [9.17, 15) is 9.90 Å². The lowest BCUT2D eigenvalue weighted by molar-refractivity contribution is -0.117. The molecule has 17 heavy (non-hydrogen) atoms. The molecule has 0 radical (unpaired) electrons. The molecule has 0 aliphatic heterocycles. The molecule has 1 aromatic carbocycles. The molecule has 4 nitrogen and oxygen atoms in total. The standard InChI is InChI=1S/C13H20N2O2/c1-8(2)6-11(14)13(17)15-12-5-4-10(16)7-9(12)3/h4-5,7-8,11,16H,6,14H2,1-3H3,(H,15,17)/t11-/m1/s1. The van der Waals surface area contributed by atoms with Crippen LogP contribution in [-0.4, -0.2) is 17.1 Å². The molecule has 0 heterocycles. The minimum Gasteiger partial charge on any atom is -0.508 e. The van der Waals surface area contributed by atoms with Crippen LogP contribution >= 0.6 is 0 Å². The molecule has 0 bridgehead atoms. The number of amides is 1. The minimum atomic E-state index is -0.497. The van der Waals surface area contributed by atoms with Crippen molar-refractivity contribution in [3.05, 3.63) is 23.8 Å². The molecule has 0 saturated carbocycles. The van der Waals surface area contributed by atoms with E-state index in [1.165, 1.54) is 6.07 Å². The van der Waals surface area contributed by atoms with Crippen molar-refractivity contribution in [2.45, 2.75) is 33.2 Å². The fourth-order valence-corrected chi connectivity index (χ4v) is 1.63. The lowest BCUT2D eigenvalue weighted by Gasteiger charge is -2.15. The van der Waals surface area contributed by atoms with Crippen LogP contribution in [0, 0.1) is 12.8 Å². The maximum atomic E-state index is 11.8. The van der Waals surface area contributed by atoms with Crippen LogP contribution < -0.4 is 11.1 Å². The van der Waals surface area contributed by atoms with E-state index in [0.717, 1.165) is 5.56 Å². The zero-order chi connectivity index (χ0) is 13.0. The van der Waals surface area contributed by atoms with Crippen molar-refractivity contribution < 1.29 is 9.90 Å². The molecule has 0 aliphatic rings. The summed E-state index contributed by atoms with van der Waals surface area (Å²) in [5, 5.41) is 12.0. The summed E-state index contributed by atoms with van der Waals surface area (Å²) in [6, 6.07) is 4.31. The number of nitrogens with two attached hydrogens (primary N) is 1. The topological polar surface area (TPSA) is 75.3 Å². The molecule has 1 atom stereocenters. The average Bonchev–Trinajstić information content (AvgIpc) is 2.21. The average molecular weight is 236 g/mol. The van der Waals surface area contributed by atoms with Crippen molar-refractivity contribution in [3.63, 3.8) is 0 Å². The van der Waals surface area contributed by atoms with E-state index in [1.54, 1.807) is 12.1 Å². The van der Waals surface area contributed by atoms with E-state index >= 15 is 0 Å². The minimum absolute atomic E-state index is 0.187. The fourth-order valence-electron chi connectivity index (χ4n) is 1.63. The van der Waals surface area contributed by atoms with Gasteiger partial charge in [0.25, 0.3) is 0 Å². The molecular weight excluding hydrogens is 216 g/mol. The second-order valence-corrected chi connectivity index (χ2v) is 4.72. The molecule has 0 unspecified atom stereocenters. The number of hydrogen-bond acceptors (Lipinski definition) is 3. The summed E-state index contributed by atoms with van der Waals surface area (Å²) in [7, 11) is 0. The zero-order valence-corrected chi connectivity index (χ0v) is 10.5. The maximum Gasteiger partial charge on any atom is 0.241 e. The smallest absolute Gasteiger partial charge is 0.241 e. The second-order valence-electron chi connectivity index (χ2n) is 4.72. The number of anilines is 1. The van der Waals surface area contributed by atoms with Crippen molar-refractivity contribution in [3.8, 4) is 5.75 Å². The van der Waals surface area contributed by atoms with Gasteiger partial charge in [-0.1, -0.05) is 13.8 Å². The summed E-state index contributed by atoms with van der Waals surface area (Å²) in [5.41, 5.74) is 7.29. The number of rotatable bonds is 4. The van der Waals surface area contributed by atoms with Gasteiger partial charge in [0.1, 0.15) is 5.75 Å². The van der Waals surface area contributed by atoms with Crippen molar-refractivity contribution in [2.75, 3.05) is 5.32 Å². The van der Waals surface area contributed by atoms with E-state index in [4.69, 9.17) is 5.73 Å². The molecule has 1 aromatic rings. The Hall–Kier alpha value is -1.55. The van der Waals surface area contributed by atoms with Crippen LogP contribution in [-0.2, 0) is 4.79 Å². The maximum absolute atomic E-state index is 11.8. The number of phenolic OH excluding ortho intramolecular Hbond substituents is 1. The van der Waals surface area contributed by atoms with Gasteiger partial charge < -0.3 is 16.2 Å². The predicted molar refractivity (Wildman–Crippen MR) is 68.9 cm³/mol. The Morgan fingerprint density at radius 1 is 1.47 bits per heavy atom. The lowest BCUT2D eigenvalue weighted by atomic mass is 10.0. The van der Waals surface area contributed by atoms with Gasteiger partial charge in [-0.2, -0.15) is 0 Å². The van der Waals surface area contributed by atoms with Crippen molar-refractivity contribution in [2.24, 2.45) is 11.7 Å². The van der Waals surface area contributed by atoms with Gasteiger partial charge in [-0.25, -0.2) is 0 Å². The molecule has 0 spiro atoms. The van der Waals surface area contributed by atoms with Gasteiger partial charge >= 0.3 is 0 Å². The molecule has 94 valence electrons. The monoisotopic (exact) mass is 236 g/mol. The first-order valence-electron chi connectivity index (χ1n) is 5.76. The second kappa shape index (κ2) is 5.68. The van der Waals surface area contributed by atoms with Gasteiger partial charge in [-0.05, 0) is 43.0 Å². The van der Waals surface area contributed by atoms with E-state index < -0.39 is 6.04 Å². The summed E-state index contributed by atoms with van der Waals surface area (Å²) < 4.78 is 0. The molecule has 4 heteroatoms. The van der Waals surface area contributed by atoms with Crippen LogP contribution in [0.4, 0.5) is 5.69 Å². The van der Waals surface area contributed by atoms with Crippen molar-refractivity contribution in [1.82, 2.24) is 0 Å². The molecule has 0 aromatic heterocycles.